The summed E-state index contributed by atoms with van der Waals surface area (Å²) < 4.78 is 46.8. The molecule has 36 heavy (non-hydrogen) atoms. The summed E-state index contributed by atoms with van der Waals surface area (Å²) in [5, 5.41) is 0. The first-order chi connectivity index (χ1) is 17.2. The molecule has 3 aromatic rings. The maximum atomic E-state index is 15.1. The largest absolute Gasteiger partial charge is 0.474 e. The quantitative estimate of drug-likeness (QED) is 0.479. The number of aromatic nitrogens is 1. The van der Waals surface area contributed by atoms with E-state index in [4.69, 9.17) is 4.74 Å². The molecule has 190 valence electrons. The van der Waals surface area contributed by atoms with Gasteiger partial charge in [-0.3, -0.25) is 4.79 Å². The van der Waals surface area contributed by atoms with Gasteiger partial charge >= 0.3 is 0 Å². The summed E-state index contributed by atoms with van der Waals surface area (Å²) in [7, 11) is 0.871. The van der Waals surface area contributed by atoms with Crippen molar-refractivity contribution in [2.45, 2.75) is 23.8 Å². The Kier molecular flexibility index (Phi) is 7.56. The van der Waals surface area contributed by atoms with E-state index in [2.05, 4.69) is 4.98 Å². The molecule has 2 heterocycles. The molecule has 4 rings (SSSR count). The van der Waals surface area contributed by atoms with Gasteiger partial charge in [-0.15, -0.1) is 0 Å². The molecule has 0 aliphatic carbocycles. The van der Waals surface area contributed by atoms with Crippen LogP contribution in [-0.2, 0) is 10.0 Å². The Morgan fingerprint density at radius 1 is 1.00 bits per heavy atom. The number of sulfonamides is 1. The highest BCUT2D eigenvalue weighted by atomic mass is 32.2. The summed E-state index contributed by atoms with van der Waals surface area (Å²) in [4.78, 5) is 20.9. The van der Waals surface area contributed by atoms with Crippen molar-refractivity contribution in [2.24, 2.45) is 0 Å². The van der Waals surface area contributed by atoms with Gasteiger partial charge in [-0.2, -0.15) is 0 Å². The van der Waals surface area contributed by atoms with Gasteiger partial charge in [0, 0.05) is 64.9 Å². The number of halogens is 1. The second-order valence-electron chi connectivity index (χ2n) is 8.76. The average molecular weight is 513 g/mol. The third-order valence-corrected chi connectivity index (χ3v) is 8.02. The van der Waals surface area contributed by atoms with Crippen molar-refractivity contribution in [3.05, 3.63) is 78.2 Å². The van der Waals surface area contributed by atoms with E-state index >= 15 is 4.39 Å². The zero-order chi connectivity index (χ0) is 25.9. The lowest BCUT2D eigenvalue weighted by Gasteiger charge is -2.35. The van der Waals surface area contributed by atoms with Gasteiger partial charge < -0.3 is 14.5 Å². The Morgan fingerprint density at radius 3 is 2.31 bits per heavy atom. The van der Waals surface area contributed by atoms with Crippen LogP contribution in [0.25, 0.3) is 0 Å². The minimum atomic E-state index is -3.61. The number of pyridine rings is 1. The van der Waals surface area contributed by atoms with Gasteiger partial charge in [0.05, 0.1) is 16.3 Å². The lowest BCUT2D eigenvalue weighted by atomic mass is 10.1. The molecule has 0 saturated carbocycles. The molecule has 8 nitrogen and oxygen atoms in total. The van der Waals surface area contributed by atoms with E-state index in [1.807, 2.05) is 23.1 Å². The Labute approximate surface area is 211 Å². The highest BCUT2D eigenvalue weighted by molar-refractivity contribution is 7.89. The molecule has 1 aliphatic heterocycles. The van der Waals surface area contributed by atoms with Gasteiger partial charge in [0.25, 0.3) is 5.91 Å². The van der Waals surface area contributed by atoms with Gasteiger partial charge in [-0.1, -0.05) is 12.1 Å². The van der Waals surface area contributed by atoms with E-state index in [-0.39, 0.29) is 16.9 Å². The van der Waals surface area contributed by atoms with Crippen molar-refractivity contribution >= 4 is 27.3 Å². The summed E-state index contributed by atoms with van der Waals surface area (Å²) in [5.41, 5.74) is 1.10. The SMILES string of the molecule is CN(C(=O)c1ccc(S(=O)(=O)N(C)C)cc1)c1cccc(F)c1N1CCC(Oc2ccccn2)CC1. The summed E-state index contributed by atoms with van der Waals surface area (Å²) in [6.07, 6.45) is 3.02. The number of hydrogen-bond acceptors (Lipinski definition) is 6. The van der Waals surface area contributed by atoms with Crippen molar-refractivity contribution in [1.82, 2.24) is 9.29 Å². The zero-order valence-corrected chi connectivity index (χ0v) is 21.3. The first kappa shape index (κ1) is 25.6. The van der Waals surface area contributed by atoms with Crippen LogP contribution >= 0.6 is 0 Å². The molecule has 0 spiro atoms. The molecular weight excluding hydrogens is 483 g/mol. The molecule has 1 aliphatic rings. The highest BCUT2D eigenvalue weighted by Crippen LogP contribution is 2.34. The van der Waals surface area contributed by atoms with Crippen LogP contribution in [0.1, 0.15) is 23.2 Å². The smallest absolute Gasteiger partial charge is 0.258 e. The van der Waals surface area contributed by atoms with Crippen LogP contribution in [0.3, 0.4) is 0 Å². The minimum Gasteiger partial charge on any atom is -0.474 e. The first-order valence-electron chi connectivity index (χ1n) is 11.6. The first-order valence-corrected chi connectivity index (χ1v) is 13.0. The predicted octanol–water partition coefficient (Wildman–Crippen LogP) is 3.80. The number of rotatable bonds is 7. The number of hydrogen-bond donors (Lipinski definition) is 0. The van der Waals surface area contributed by atoms with E-state index in [9.17, 15) is 13.2 Å². The topological polar surface area (TPSA) is 83.1 Å². The second-order valence-corrected chi connectivity index (χ2v) is 10.9. The summed E-state index contributed by atoms with van der Waals surface area (Å²) in [5.74, 6) is -0.218. The van der Waals surface area contributed by atoms with Crippen molar-refractivity contribution in [3.63, 3.8) is 0 Å². The number of amides is 1. The lowest BCUT2D eigenvalue weighted by molar-refractivity contribution is 0.0992. The monoisotopic (exact) mass is 512 g/mol. The van der Waals surface area contributed by atoms with Crippen LogP contribution in [0, 0.1) is 5.82 Å². The predicted molar refractivity (Wildman–Crippen MR) is 137 cm³/mol. The molecule has 0 N–H and O–H groups in total. The zero-order valence-electron chi connectivity index (χ0n) is 20.5. The molecule has 10 heteroatoms. The second kappa shape index (κ2) is 10.6. The number of nitrogens with zero attached hydrogens (tertiary/aromatic N) is 4. The van der Waals surface area contributed by atoms with Crippen molar-refractivity contribution in [2.75, 3.05) is 44.0 Å². The molecule has 1 fully saturated rings. The van der Waals surface area contributed by atoms with E-state index < -0.39 is 15.8 Å². The third kappa shape index (κ3) is 5.34. The van der Waals surface area contributed by atoms with Crippen molar-refractivity contribution < 1.29 is 22.3 Å². The molecule has 0 radical (unpaired) electrons. The minimum absolute atomic E-state index is 0.0253. The average Bonchev–Trinajstić information content (AvgIpc) is 2.89. The molecule has 1 amide bonds. The number of carbonyl (C=O) groups is 1. The van der Waals surface area contributed by atoms with Crippen LogP contribution in [0.4, 0.5) is 15.8 Å². The van der Waals surface area contributed by atoms with Crippen LogP contribution in [0.15, 0.2) is 71.8 Å². The van der Waals surface area contributed by atoms with Crippen LogP contribution in [0.2, 0.25) is 0 Å². The molecule has 0 atom stereocenters. The van der Waals surface area contributed by atoms with Gasteiger partial charge in [-0.05, 0) is 42.5 Å². The van der Waals surface area contributed by atoms with Crippen LogP contribution in [-0.4, -0.2) is 64.0 Å². The number of piperidine rings is 1. The van der Waals surface area contributed by atoms with E-state index in [0.717, 1.165) is 4.31 Å². The third-order valence-electron chi connectivity index (χ3n) is 6.19. The Morgan fingerprint density at radius 2 is 1.69 bits per heavy atom. The number of benzene rings is 2. The fraction of sp³-hybridized carbons (Fsp3) is 0.308. The summed E-state index contributed by atoms with van der Waals surface area (Å²) in [6, 6.07) is 15.9. The Balaban J connectivity index is 1.51. The number of ether oxygens (including phenoxy) is 1. The molecule has 1 saturated heterocycles. The maximum absolute atomic E-state index is 15.1. The highest BCUT2D eigenvalue weighted by Gasteiger charge is 2.27. The van der Waals surface area contributed by atoms with Crippen LogP contribution < -0.4 is 14.5 Å². The Bertz CT molecular complexity index is 1310. The van der Waals surface area contributed by atoms with E-state index in [1.54, 1.807) is 25.4 Å². The molecule has 2 aromatic carbocycles. The maximum Gasteiger partial charge on any atom is 0.258 e. The fourth-order valence-electron chi connectivity index (χ4n) is 4.16. The summed E-state index contributed by atoms with van der Waals surface area (Å²) >= 11 is 0. The number of anilines is 2. The summed E-state index contributed by atoms with van der Waals surface area (Å²) in [6.45, 7) is 1.12. The fourth-order valence-corrected chi connectivity index (χ4v) is 5.06. The van der Waals surface area contributed by atoms with Crippen molar-refractivity contribution in [3.8, 4) is 5.88 Å². The number of para-hydroxylation sites is 1. The van der Waals surface area contributed by atoms with Gasteiger partial charge in [0.2, 0.25) is 15.9 Å². The van der Waals surface area contributed by atoms with Gasteiger partial charge in [0.1, 0.15) is 11.9 Å². The normalized spacial score (nSPS) is 14.6. The van der Waals surface area contributed by atoms with Crippen LogP contribution in [0.5, 0.6) is 5.88 Å². The molecule has 0 bridgehead atoms. The molecule has 0 unspecified atom stereocenters. The van der Waals surface area contributed by atoms with E-state index in [1.165, 1.54) is 49.3 Å². The van der Waals surface area contributed by atoms with Crippen molar-refractivity contribution in [1.29, 1.82) is 0 Å². The van der Waals surface area contributed by atoms with E-state index in [0.29, 0.717) is 48.7 Å². The molecule has 1 aromatic heterocycles. The molecular formula is C26H29FN4O4S. The standard InChI is InChI=1S/C26H29FN4O4S/c1-29(2)36(33,34)21-12-10-19(11-13-21)26(32)30(3)23-8-6-7-22(27)25(23)31-17-14-20(15-18-31)35-24-9-4-5-16-28-24/h4-13,16,20H,14-15,17-18H2,1-3H3. The van der Waals surface area contributed by atoms with Gasteiger partial charge in [-0.25, -0.2) is 22.1 Å². The van der Waals surface area contributed by atoms with Gasteiger partial charge in [0.15, 0.2) is 0 Å². The number of carbonyl (C=O) groups excluding carboxylic acids is 1. The Hall–Kier alpha value is -3.50. The lowest BCUT2D eigenvalue weighted by Crippen LogP contribution is -2.40.